The first-order chi connectivity index (χ1) is 11.1. The summed E-state index contributed by atoms with van der Waals surface area (Å²) in [6.45, 7) is 1.77. The highest BCUT2D eigenvalue weighted by molar-refractivity contribution is 7.92. The van der Waals surface area contributed by atoms with E-state index in [2.05, 4.69) is 9.71 Å². The molecule has 0 spiro atoms. The zero-order valence-electron chi connectivity index (χ0n) is 12.6. The minimum absolute atomic E-state index is 0.270. The first-order valence-electron chi connectivity index (χ1n) is 7.16. The number of anilines is 1. The normalized spacial score (nSPS) is 11.2. The van der Waals surface area contributed by atoms with Gasteiger partial charge < -0.3 is 0 Å². The molecule has 0 unspecified atom stereocenters. The van der Waals surface area contributed by atoms with Crippen LogP contribution in [0.1, 0.15) is 5.56 Å². The van der Waals surface area contributed by atoms with E-state index >= 15 is 0 Å². The van der Waals surface area contributed by atoms with Crippen molar-refractivity contribution < 1.29 is 8.42 Å². The average Bonchev–Trinajstić information content (AvgIpc) is 2.56. The second kappa shape index (κ2) is 6.22. The minimum atomic E-state index is -3.61. The van der Waals surface area contributed by atoms with Crippen LogP contribution < -0.4 is 4.72 Å². The Hall–Kier alpha value is -2.66. The molecule has 3 aromatic rings. The molecule has 0 atom stereocenters. The molecule has 116 valence electrons. The van der Waals surface area contributed by atoms with E-state index in [-0.39, 0.29) is 4.90 Å². The fourth-order valence-corrected chi connectivity index (χ4v) is 3.59. The molecule has 23 heavy (non-hydrogen) atoms. The topological polar surface area (TPSA) is 59.1 Å². The van der Waals surface area contributed by atoms with Crippen LogP contribution in [0.4, 0.5) is 5.69 Å². The van der Waals surface area contributed by atoms with Crippen LogP contribution >= 0.6 is 0 Å². The van der Waals surface area contributed by atoms with Crippen LogP contribution in [-0.4, -0.2) is 13.4 Å². The summed E-state index contributed by atoms with van der Waals surface area (Å²) in [5, 5.41) is 0. The molecule has 0 aliphatic carbocycles. The van der Waals surface area contributed by atoms with Crippen molar-refractivity contribution in [3.63, 3.8) is 0 Å². The molecular weight excluding hydrogens is 308 g/mol. The zero-order valence-corrected chi connectivity index (χ0v) is 13.4. The first kappa shape index (κ1) is 15.2. The van der Waals surface area contributed by atoms with Crippen LogP contribution in [0.5, 0.6) is 0 Å². The zero-order chi connectivity index (χ0) is 16.3. The summed E-state index contributed by atoms with van der Waals surface area (Å²) in [4.78, 5) is 4.59. The number of sulfonamides is 1. The van der Waals surface area contributed by atoms with Gasteiger partial charge in [0.05, 0.1) is 22.5 Å². The number of aromatic nitrogens is 1. The average molecular weight is 324 g/mol. The fraction of sp³-hybridized carbons (Fsp3) is 0.0556. The second-order valence-electron chi connectivity index (χ2n) is 5.17. The summed E-state index contributed by atoms with van der Waals surface area (Å²) in [6, 6.07) is 20.1. The van der Waals surface area contributed by atoms with Gasteiger partial charge in [-0.3, -0.25) is 9.71 Å². The number of pyridine rings is 1. The second-order valence-corrected chi connectivity index (χ2v) is 6.82. The van der Waals surface area contributed by atoms with E-state index in [0.29, 0.717) is 11.3 Å². The number of rotatable bonds is 4. The van der Waals surface area contributed by atoms with Crippen molar-refractivity contribution in [3.8, 4) is 11.3 Å². The van der Waals surface area contributed by atoms with Gasteiger partial charge in [0.15, 0.2) is 0 Å². The third-order valence-electron chi connectivity index (χ3n) is 3.47. The molecule has 0 bridgehead atoms. The number of hydrogen-bond donors (Lipinski definition) is 1. The molecule has 0 radical (unpaired) electrons. The molecule has 5 heteroatoms. The van der Waals surface area contributed by atoms with Crippen molar-refractivity contribution in [1.82, 2.24) is 4.98 Å². The Labute approximate surface area is 135 Å². The molecular formula is C18H16N2O2S. The molecule has 0 aliphatic rings. The van der Waals surface area contributed by atoms with Crippen LogP contribution in [0.15, 0.2) is 77.8 Å². The Bertz CT molecular complexity index is 905. The van der Waals surface area contributed by atoms with Gasteiger partial charge in [-0.15, -0.1) is 0 Å². The third kappa shape index (κ3) is 3.40. The van der Waals surface area contributed by atoms with Crippen molar-refractivity contribution in [1.29, 1.82) is 0 Å². The molecule has 1 aromatic heterocycles. The van der Waals surface area contributed by atoms with Crippen LogP contribution in [0.25, 0.3) is 11.3 Å². The van der Waals surface area contributed by atoms with Gasteiger partial charge in [0, 0.05) is 5.56 Å². The maximum atomic E-state index is 12.4. The molecule has 3 rings (SSSR count). The molecule has 0 aliphatic heterocycles. The van der Waals surface area contributed by atoms with Gasteiger partial charge in [-0.1, -0.05) is 48.5 Å². The Morgan fingerprint density at radius 1 is 0.870 bits per heavy atom. The standard InChI is InChI=1S/C18H16N2O2S/c1-14-7-5-6-10-18(14)23(21,22)20-16-11-12-17(19-13-16)15-8-3-2-4-9-15/h2-13,20H,1H3. The molecule has 1 N–H and O–H groups in total. The number of nitrogens with zero attached hydrogens (tertiary/aromatic N) is 1. The number of hydrogen-bond acceptors (Lipinski definition) is 3. The van der Waals surface area contributed by atoms with Crippen LogP contribution in [-0.2, 0) is 10.0 Å². The molecule has 0 saturated carbocycles. The van der Waals surface area contributed by atoms with Gasteiger partial charge in [-0.2, -0.15) is 0 Å². The SMILES string of the molecule is Cc1ccccc1S(=O)(=O)Nc1ccc(-c2ccccc2)nc1. The predicted octanol–water partition coefficient (Wildman–Crippen LogP) is 3.86. The summed E-state index contributed by atoms with van der Waals surface area (Å²) in [5.41, 5.74) is 2.92. The summed E-state index contributed by atoms with van der Waals surface area (Å²) < 4.78 is 27.4. The quantitative estimate of drug-likeness (QED) is 0.793. The summed E-state index contributed by atoms with van der Waals surface area (Å²) >= 11 is 0. The van der Waals surface area contributed by atoms with E-state index in [1.165, 1.54) is 6.20 Å². The highest BCUT2D eigenvalue weighted by atomic mass is 32.2. The monoisotopic (exact) mass is 324 g/mol. The largest absolute Gasteiger partial charge is 0.278 e. The summed E-state index contributed by atoms with van der Waals surface area (Å²) in [7, 11) is -3.61. The Kier molecular flexibility index (Phi) is 4.12. The van der Waals surface area contributed by atoms with Gasteiger partial charge in [0.25, 0.3) is 10.0 Å². The lowest BCUT2D eigenvalue weighted by Crippen LogP contribution is -2.14. The first-order valence-corrected chi connectivity index (χ1v) is 8.64. The third-order valence-corrected chi connectivity index (χ3v) is 5.01. The van der Waals surface area contributed by atoms with E-state index in [4.69, 9.17) is 0 Å². The lowest BCUT2D eigenvalue weighted by atomic mass is 10.1. The lowest BCUT2D eigenvalue weighted by molar-refractivity contribution is 0.600. The number of benzene rings is 2. The molecule has 2 aromatic carbocycles. The van der Waals surface area contributed by atoms with Gasteiger partial charge in [0.1, 0.15) is 0 Å². The Balaban J connectivity index is 1.85. The molecule has 4 nitrogen and oxygen atoms in total. The minimum Gasteiger partial charge on any atom is -0.278 e. The van der Waals surface area contributed by atoms with Crippen LogP contribution in [0.2, 0.25) is 0 Å². The van der Waals surface area contributed by atoms with Crippen molar-refractivity contribution in [3.05, 3.63) is 78.5 Å². The van der Waals surface area contributed by atoms with E-state index in [9.17, 15) is 8.42 Å². The summed E-state index contributed by atoms with van der Waals surface area (Å²) in [5.74, 6) is 0. The smallest absolute Gasteiger partial charge is 0.262 e. The van der Waals surface area contributed by atoms with Crippen molar-refractivity contribution >= 4 is 15.7 Å². The van der Waals surface area contributed by atoms with Gasteiger partial charge in [-0.25, -0.2) is 8.42 Å². The number of aryl methyl sites for hydroxylation is 1. The fourth-order valence-electron chi connectivity index (χ4n) is 2.30. The van der Waals surface area contributed by atoms with Crippen LogP contribution in [0.3, 0.4) is 0 Å². The van der Waals surface area contributed by atoms with Crippen molar-refractivity contribution in [2.24, 2.45) is 0 Å². The maximum Gasteiger partial charge on any atom is 0.262 e. The Morgan fingerprint density at radius 3 is 2.22 bits per heavy atom. The molecule has 0 amide bonds. The molecule has 0 saturated heterocycles. The lowest BCUT2D eigenvalue weighted by Gasteiger charge is -2.10. The Morgan fingerprint density at radius 2 is 1.57 bits per heavy atom. The van der Waals surface area contributed by atoms with Gasteiger partial charge >= 0.3 is 0 Å². The van der Waals surface area contributed by atoms with E-state index in [1.807, 2.05) is 36.4 Å². The van der Waals surface area contributed by atoms with Gasteiger partial charge in [0.2, 0.25) is 0 Å². The summed E-state index contributed by atoms with van der Waals surface area (Å²) in [6.07, 6.45) is 1.53. The molecule has 1 heterocycles. The highest BCUT2D eigenvalue weighted by Crippen LogP contribution is 2.21. The van der Waals surface area contributed by atoms with E-state index in [1.54, 1.807) is 37.3 Å². The van der Waals surface area contributed by atoms with Crippen LogP contribution in [0, 0.1) is 6.92 Å². The van der Waals surface area contributed by atoms with Gasteiger partial charge in [-0.05, 0) is 30.7 Å². The van der Waals surface area contributed by atoms with Crippen molar-refractivity contribution in [2.75, 3.05) is 4.72 Å². The van der Waals surface area contributed by atoms with E-state index in [0.717, 1.165) is 11.3 Å². The van der Waals surface area contributed by atoms with E-state index < -0.39 is 10.0 Å². The highest BCUT2D eigenvalue weighted by Gasteiger charge is 2.16. The van der Waals surface area contributed by atoms with Crippen molar-refractivity contribution in [2.45, 2.75) is 11.8 Å². The number of nitrogens with one attached hydrogen (secondary N) is 1. The predicted molar refractivity (Wildman–Crippen MR) is 91.7 cm³/mol. The molecule has 0 fully saturated rings. The maximum absolute atomic E-state index is 12.4.